The lowest BCUT2D eigenvalue weighted by atomic mass is 10.2. The topological polar surface area (TPSA) is 80.5 Å². The van der Waals surface area contributed by atoms with Gasteiger partial charge in [-0.2, -0.15) is 0 Å². The third kappa shape index (κ3) is 6.70. The first kappa shape index (κ1) is 29.2. The minimum atomic E-state index is -4.27. The van der Waals surface area contributed by atoms with Gasteiger partial charge in [-0.1, -0.05) is 76.6 Å². The molecule has 0 fully saturated rings. The van der Waals surface area contributed by atoms with Gasteiger partial charge in [0.2, 0.25) is 5.69 Å². The molecule has 2 heterocycles. The summed E-state index contributed by atoms with van der Waals surface area (Å²) in [4.78, 5) is 16.2. The minimum absolute atomic E-state index is 0.0425. The van der Waals surface area contributed by atoms with E-state index in [1.807, 2.05) is 42.0 Å². The highest BCUT2D eigenvalue weighted by molar-refractivity contribution is 8.40. The Kier molecular flexibility index (Phi) is 9.13. The number of carbonyl (C=O) groups excluding carboxylic acids is 1. The number of benzene rings is 3. The van der Waals surface area contributed by atoms with Crippen molar-refractivity contribution in [1.29, 1.82) is 0 Å². The van der Waals surface area contributed by atoms with Crippen LogP contribution in [0.4, 0.5) is 11.4 Å². The Bertz CT molecular complexity index is 1590. The molecule has 2 aliphatic heterocycles. The third-order valence-electron chi connectivity index (χ3n) is 5.93. The Morgan fingerprint density at radius 1 is 0.821 bits per heavy atom. The fraction of sp³-hybridized carbons (Fsp3) is 0.172. The molecule has 0 atom stereocenters. The molecular weight excluding hydrogens is 569 g/mol. The number of amides is 1. The minimum Gasteiger partial charge on any atom is -0.744 e. The van der Waals surface area contributed by atoms with Crippen molar-refractivity contribution in [2.24, 2.45) is 0 Å². The summed E-state index contributed by atoms with van der Waals surface area (Å²) in [6.45, 7) is 8.04. The van der Waals surface area contributed by atoms with Crippen molar-refractivity contribution >= 4 is 67.1 Å². The first-order chi connectivity index (χ1) is 18.5. The van der Waals surface area contributed by atoms with Crippen LogP contribution in [-0.4, -0.2) is 34.1 Å². The van der Waals surface area contributed by atoms with Crippen molar-refractivity contribution in [3.63, 3.8) is 0 Å². The van der Waals surface area contributed by atoms with Crippen LogP contribution in [0.25, 0.3) is 0 Å². The number of hydrogen-bond acceptors (Lipinski definition) is 8. The number of allylic oxidation sites excluding steroid dienone is 1. The van der Waals surface area contributed by atoms with Gasteiger partial charge in [-0.15, -0.1) is 4.58 Å². The number of hydrogen-bond donors (Lipinski definition) is 0. The maximum Gasteiger partial charge on any atom is 0.436 e. The van der Waals surface area contributed by atoms with E-state index in [2.05, 4.69) is 55.3 Å². The highest BCUT2D eigenvalue weighted by Gasteiger charge is 2.43. The van der Waals surface area contributed by atoms with E-state index in [9.17, 15) is 17.8 Å². The monoisotopic (exact) mass is 596 g/mol. The lowest BCUT2D eigenvalue weighted by molar-refractivity contribution is -0.354. The number of carbonyl (C=O) groups is 1. The summed E-state index contributed by atoms with van der Waals surface area (Å²) in [5.74, 6) is 0.0425. The fourth-order valence-corrected chi connectivity index (χ4v) is 7.27. The molecule has 0 bridgehead atoms. The van der Waals surface area contributed by atoms with E-state index in [0.29, 0.717) is 0 Å². The van der Waals surface area contributed by atoms with Crippen LogP contribution in [0.5, 0.6) is 0 Å². The zero-order valence-electron chi connectivity index (χ0n) is 22.2. The second-order valence-corrected chi connectivity index (χ2v) is 13.3. The Hall–Kier alpha value is -2.76. The summed E-state index contributed by atoms with van der Waals surface area (Å²) in [5.41, 5.74) is 6.46. The van der Waals surface area contributed by atoms with Gasteiger partial charge in [-0.3, -0.25) is 0 Å². The molecule has 3 aromatic carbocycles. The summed E-state index contributed by atoms with van der Waals surface area (Å²) in [6.07, 6.45) is 2.02. The molecule has 202 valence electrons. The van der Waals surface area contributed by atoms with Crippen molar-refractivity contribution in [2.45, 2.75) is 32.6 Å². The lowest BCUT2D eigenvalue weighted by Crippen LogP contribution is -2.19. The molecule has 0 spiro atoms. The van der Waals surface area contributed by atoms with Crippen LogP contribution in [0, 0.1) is 20.8 Å². The Morgan fingerprint density at radius 2 is 1.33 bits per heavy atom. The Balaban J connectivity index is 0.000000270. The van der Waals surface area contributed by atoms with Crippen molar-refractivity contribution < 1.29 is 22.3 Å². The molecule has 6 nitrogen and oxygen atoms in total. The summed E-state index contributed by atoms with van der Waals surface area (Å²) < 4.78 is 34.0. The molecule has 0 radical (unpaired) electrons. The highest BCUT2D eigenvalue weighted by Crippen LogP contribution is 2.46. The van der Waals surface area contributed by atoms with Crippen LogP contribution in [0.2, 0.25) is 0 Å². The van der Waals surface area contributed by atoms with Gasteiger partial charge in [-0.05, 0) is 63.6 Å². The van der Waals surface area contributed by atoms with Gasteiger partial charge in [0.1, 0.15) is 15.1 Å². The molecule has 1 amide bonds. The fourth-order valence-electron chi connectivity index (χ4n) is 3.83. The first-order valence-electron chi connectivity index (χ1n) is 12.0. The maximum absolute atomic E-state index is 13.4. The lowest BCUT2D eigenvalue weighted by Gasteiger charge is -2.22. The first-order valence-corrected chi connectivity index (χ1v) is 16.3. The number of thioether (sulfide) groups is 3. The maximum atomic E-state index is 13.4. The van der Waals surface area contributed by atoms with Gasteiger partial charge in [0.05, 0.1) is 4.90 Å². The standard InChI is InChI=1S/C22H21N2OS3.C7H8O3S/c1-14-5-9-17(10-6-14)23-16(3)13-27-21(23)19-20(25)24(22(26-4)28-19)18-11-7-15(2)8-12-18;1-6-2-4-7(5-3-6)11(8,9)10/h5-13H,1-4H3;2-5H,1H3,(H,8,9,10)/q+1;/p-1/b21-19+;. The molecular formula is C29H28N2O4S4. The normalized spacial score (nSPS) is 17.3. The second kappa shape index (κ2) is 12.2. The highest BCUT2D eigenvalue weighted by atomic mass is 32.2. The molecule has 2 aliphatic rings. The SMILES string of the molecule is CSC1=[N+](c2ccc(C)cc2)C(=O)/C(=C2\SC=C(C)N2c2ccc(C)cc2)S1.Cc1ccc(S(=O)(=O)[O-])cc1. The van der Waals surface area contributed by atoms with E-state index in [1.54, 1.807) is 47.4 Å². The zero-order valence-corrected chi connectivity index (χ0v) is 25.4. The summed E-state index contributed by atoms with van der Waals surface area (Å²) in [5, 5.41) is 3.10. The van der Waals surface area contributed by atoms with Crippen LogP contribution in [0.15, 0.2) is 98.7 Å². The van der Waals surface area contributed by atoms with E-state index in [1.165, 1.54) is 23.3 Å². The van der Waals surface area contributed by atoms with E-state index in [-0.39, 0.29) is 10.8 Å². The van der Waals surface area contributed by atoms with E-state index in [0.717, 1.165) is 36.9 Å². The molecule has 3 aromatic rings. The molecule has 0 saturated heterocycles. The van der Waals surface area contributed by atoms with Gasteiger partial charge in [-0.25, -0.2) is 13.2 Å². The molecule has 39 heavy (non-hydrogen) atoms. The molecule has 0 N–H and O–H groups in total. The van der Waals surface area contributed by atoms with Gasteiger partial charge < -0.3 is 9.45 Å². The Labute approximate surface area is 242 Å². The van der Waals surface area contributed by atoms with Crippen LogP contribution >= 0.6 is 35.3 Å². The largest absolute Gasteiger partial charge is 0.744 e. The average molecular weight is 597 g/mol. The molecule has 0 saturated carbocycles. The zero-order chi connectivity index (χ0) is 28.3. The van der Waals surface area contributed by atoms with Crippen molar-refractivity contribution in [3.05, 3.63) is 111 Å². The van der Waals surface area contributed by atoms with Gasteiger partial charge in [0, 0.05) is 35.3 Å². The van der Waals surface area contributed by atoms with Crippen molar-refractivity contribution in [1.82, 2.24) is 0 Å². The molecule has 0 aromatic heterocycles. The predicted molar refractivity (Wildman–Crippen MR) is 163 cm³/mol. The van der Waals surface area contributed by atoms with Crippen LogP contribution in [-0.2, 0) is 14.9 Å². The average Bonchev–Trinajstić information content (AvgIpc) is 3.44. The van der Waals surface area contributed by atoms with Crippen LogP contribution in [0.3, 0.4) is 0 Å². The van der Waals surface area contributed by atoms with Gasteiger partial charge in [0.15, 0.2) is 4.91 Å². The smallest absolute Gasteiger partial charge is 0.436 e. The van der Waals surface area contributed by atoms with Gasteiger partial charge in [0.25, 0.3) is 4.38 Å². The third-order valence-corrected chi connectivity index (χ3v) is 10.2. The second-order valence-electron chi connectivity index (χ2n) is 9.00. The summed E-state index contributed by atoms with van der Waals surface area (Å²) in [7, 11) is -4.27. The van der Waals surface area contributed by atoms with Crippen molar-refractivity contribution in [2.75, 3.05) is 11.2 Å². The number of nitrogens with zero attached hydrogens (tertiary/aromatic N) is 2. The Morgan fingerprint density at radius 3 is 1.85 bits per heavy atom. The van der Waals surface area contributed by atoms with E-state index >= 15 is 0 Å². The molecule has 0 unspecified atom stereocenters. The summed E-state index contributed by atoms with van der Waals surface area (Å²) >= 11 is 4.80. The molecule has 5 rings (SSSR count). The molecule has 10 heteroatoms. The molecule has 0 aliphatic carbocycles. The van der Waals surface area contributed by atoms with Crippen molar-refractivity contribution in [3.8, 4) is 0 Å². The van der Waals surface area contributed by atoms with E-state index in [4.69, 9.17) is 0 Å². The number of aryl methyl sites for hydroxylation is 3. The van der Waals surface area contributed by atoms with E-state index < -0.39 is 10.1 Å². The quantitative estimate of drug-likeness (QED) is 0.180. The van der Waals surface area contributed by atoms with Crippen LogP contribution in [0.1, 0.15) is 23.6 Å². The van der Waals surface area contributed by atoms with Gasteiger partial charge >= 0.3 is 5.91 Å². The number of rotatable bonds is 3. The predicted octanol–water partition coefficient (Wildman–Crippen LogP) is 7.12. The summed E-state index contributed by atoms with van der Waals surface area (Å²) in [6, 6.07) is 22.3. The van der Waals surface area contributed by atoms with Crippen LogP contribution < -0.4 is 4.90 Å². The number of anilines is 1.